The lowest BCUT2D eigenvalue weighted by molar-refractivity contribution is 0.133. The Labute approximate surface area is 105 Å². The summed E-state index contributed by atoms with van der Waals surface area (Å²) in [5, 5.41) is 3.14. The molecule has 17 heavy (non-hydrogen) atoms. The monoisotopic (exact) mass is 242 g/mol. The fourth-order valence-corrected chi connectivity index (χ4v) is 2.29. The fourth-order valence-electron chi connectivity index (χ4n) is 2.29. The molecule has 1 N–H and O–H groups in total. The van der Waals surface area contributed by atoms with Crippen LogP contribution < -0.4 is 5.32 Å². The highest BCUT2D eigenvalue weighted by atomic mass is 16.5. The SMILES string of the molecule is COCCN(C(=O)NC1CCCCC1)C(C)C. The lowest BCUT2D eigenvalue weighted by Gasteiger charge is -2.30. The molecule has 2 amide bonds. The van der Waals surface area contributed by atoms with Crippen LogP contribution in [0.15, 0.2) is 0 Å². The molecule has 4 heteroatoms. The number of urea groups is 1. The first kappa shape index (κ1) is 14.3. The van der Waals surface area contributed by atoms with Crippen LogP contribution >= 0.6 is 0 Å². The van der Waals surface area contributed by atoms with Gasteiger partial charge in [0.2, 0.25) is 0 Å². The van der Waals surface area contributed by atoms with Crippen LogP contribution in [-0.2, 0) is 4.74 Å². The third-order valence-corrected chi connectivity index (χ3v) is 3.35. The van der Waals surface area contributed by atoms with E-state index in [1.54, 1.807) is 7.11 Å². The minimum absolute atomic E-state index is 0.0592. The number of carbonyl (C=O) groups is 1. The fraction of sp³-hybridized carbons (Fsp3) is 0.923. The molecular weight excluding hydrogens is 216 g/mol. The molecule has 0 heterocycles. The zero-order chi connectivity index (χ0) is 12.7. The molecule has 0 atom stereocenters. The summed E-state index contributed by atoms with van der Waals surface area (Å²) < 4.78 is 5.04. The van der Waals surface area contributed by atoms with Gasteiger partial charge in [-0.05, 0) is 26.7 Å². The zero-order valence-corrected chi connectivity index (χ0v) is 11.4. The van der Waals surface area contributed by atoms with Gasteiger partial charge in [0.05, 0.1) is 6.61 Å². The van der Waals surface area contributed by atoms with Crippen LogP contribution in [0, 0.1) is 0 Å². The molecule has 0 aromatic rings. The third-order valence-electron chi connectivity index (χ3n) is 3.35. The van der Waals surface area contributed by atoms with E-state index in [0.29, 0.717) is 19.2 Å². The molecule has 4 nitrogen and oxygen atoms in total. The van der Waals surface area contributed by atoms with Crippen molar-refractivity contribution < 1.29 is 9.53 Å². The number of hydrogen-bond donors (Lipinski definition) is 1. The highest BCUT2D eigenvalue weighted by Crippen LogP contribution is 2.17. The van der Waals surface area contributed by atoms with Gasteiger partial charge in [-0.2, -0.15) is 0 Å². The van der Waals surface area contributed by atoms with E-state index in [1.165, 1.54) is 19.3 Å². The summed E-state index contributed by atoms with van der Waals surface area (Å²) in [6.45, 7) is 5.33. The first-order valence-corrected chi connectivity index (χ1v) is 6.71. The van der Waals surface area contributed by atoms with Crippen LogP contribution in [-0.4, -0.2) is 43.3 Å². The maximum absolute atomic E-state index is 12.1. The molecule has 0 radical (unpaired) electrons. The summed E-state index contributed by atoms with van der Waals surface area (Å²) in [5.74, 6) is 0. The maximum atomic E-state index is 12.1. The first-order chi connectivity index (χ1) is 8.15. The van der Waals surface area contributed by atoms with Crippen molar-refractivity contribution in [3.63, 3.8) is 0 Å². The van der Waals surface area contributed by atoms with Gasteiger partial charge in [-0.25, -0.2) is 4.79 Å². The molecule has 0 aromatic heterocycles. The maximum Gasteiger partial charge on any atom is 0.317 e. The second-order valence-corrected chi connectivity index (χ2v) is 5.06. The van der Waals surface area contributed by atoms with Crippen molar-refractivity contribution >= 4 is 6.03 Å². The minimum atomic E-state index is 0.0592. The van der Waals surface area contributed by atoms with Gasteiger partial charge in [-0.3, -0.25) is 0 Å². The van der Waals surface area contributed by atoms with Crippen LogP contribution in [0.5, 0.6) is 0 Å². The van der Waals surface area contributed by atoms with Crippen LogP contribution in [0.1, 0.15) is 46.0 Å². The highest BCUT2D eigenvalue weighted by molar-refractivity contribution is 5.74. The van der Waals surface area contributed by atoms with Gasteiger partial charge in [-0.15, -0.1) is 0 Å². The van der Waals surface area contributed by atoms with Crippen molar-refractivity contribution in [3.05, 3.63) is 0 Å². The lowest BCUT2D eigenvalue weighted by atomic mass is 9.96. The van der Waals surface area contributed by atoms with Crippen LogP contribution in [0.2, 0.25) is 0 Å². The number of rotatable bonds is 5. The number of nitrogens with one attached hydrogen (secondary N) is 1. The molecule has 0 saturated heterocycles. The molecular formula is C13H26N2O2. The van der Waals surface area contributed by atoms with Crippen molar-refractivity contribution in [1.29, 1.82) is 0 Å². The Morgan fingerprint density at radius 1 is 1.35 bits per heavy atom. The van der Waals surface area contributed by atoms with Crippen molar-refractivity contribution in [2.24, 2.45) is 0 Å². The second kappa shape index (κ2) is 7.54. The van der Waals surface area contributed by atoms with E-state index in [4.69, 9.17) is 4.74 Å². The largest absolute Gasteiger partial charge is 0.383 e. The van der Waals surface area contributed by atoms with Crippen molar-refractivity contribution in [1.82, 2.24) is 10.2 Å². The third kappa shape index (κ3) is 4.94. The van der Waals surface area contributed by atoms with Gasteiger partial charge in [0.25, 0.3) is 0 Å². The summed E-state index contributed by atoms with van der Waals surface area (Å²) in [7, 11) is 1.66. The van der Waals surface area contributed by atoms with Crippen LogP contribution in [0.3, 0.4) is 0 Å². The summed E-state index contributed by atoms with van der Waals surface area (Å²) in [6, 6.07) is 0.651. The Kier molecular flexibility index (Phi) is 6.34. The Morgan fingerprint density at radius 3 is 2.53 bits per heavy atom. The van der Waals surface area contributed by atoms with E-state index >= 15 is 0 Å². The predicted molar refractivity (Wildman–Crippen MR) is 69.1 cm³/mol. The van der Waals surface area contributed by atoms with Crippen molar-refractivity contribution in [3.8, 4) is 0 Å². The van der Waals surface area contributed by atoms with Gasteiger partial charge in [-0.1, -0.05) is 19.3 Å². The molecule has 1 aliphatic carbocycles. The number of ether oxygens (including phenoxy) is 1. The second-order valence-electron chi connectivity index (χ2n) is 5.06. The van der Waals surface area contributed by atoms with Crippen molar-refractivity contribution in [2.45, 2.75) is 58.0 Å². The zero-order valence-electron chi connectivity index (χ0n) is 11.4. The lowest BCUT2D eigenvalue weighted by Crippen LogP contribution is -2.49. The molecule has 1 rings (SSSR count). The molecule has 0 unspecified atom stereocenters. The molecule has 0 bridgehead atoms. The Balaban J connectivity index is 2.40. The van der Waals surface area contributed by atoms with E-state index in [9.17, 15) is 4.79 Å². The summed E-state index contributed by atoms with van der Waals surface area (Å²) in [4.78, 5) is 14.0. The van der Waals surface area contributed by atoms with Gasteiger partial charge < -0.3 is 15.0 Å². The quantitative estimate of drug-likeness (QED) is 0.804. The molecule has 1 fully saturated rings. The summed E-state index contributed by atoms with van der Waals surface area (Å²) in [5.41, 5.74) is 0. The number of carbonyl (C=O) groups excluding carboxylic acids is 1. The van der Waals surface area contributed by atoms with Gasteiger partial charge in [0.15, 0.2) is 0 Å². The average Bonchev–Trinajstić information content (AvgIpc) is 2.30. The Morgan fingerprint density at radius 2 is 2.00 bits per heavy atom. The number of nitrogens with zero attached hydrogens (tertiary/aromatic N) is 1. The standard InChI is InChI=1S/C13H26N2O2/c1-11(2)15(9-10-17-3)13(16)14-12-7-5-4-6-8-12/h11-12H,4-10H2,1-3H3,(H,14,16). The molecule has 0 aliphatic heterocycles. The van der Waals surface area contributed by atoms with Crippen LogP contribution in [0.4, 0.5) is 4.79 Å². The molecule has 1 saturated carbocycles. The molecule has 0 aromatic carbocycles. The number of amides is 2. The van der Waals surface area contributed by atoms with Gasteiger partial charge in [0, 0.05) is 25.7 Å². The Bertz CT molecular complexity index is 225. The van der Waals surface area contributed by atoms with Gasteiger partial charge in [0.1, 0.15) is 0 Å². The van der Waals surface area contributed by atoms with Crippen LogP contribution in [0.25, 0.3) is 0 Å². The summed E-state index contributed by atoms with van der Waals surface area (Å²) >= 11 is 0. The Hall–Kier alpha value is -0.770. The van der Waals surface area contributed by atoms with Crippen molar-refractivity contribution in [2.75, 3.05) is 20.3 Å². The molecule has 1 aliphatic rings. The first-order valence-electron chi connectivity index (χ1n) is 6.71. The van der Waals surface area contributed by atoms with E-state index in [2.05, 4.69) is 5.32 Å². The average molecular weight is 242 g/mol. The molecule has 100 valence electrons. The summed E-state index contributed by atoms with van der Waals surface area (Å²) in [6.07, 6.45) is 6.04. The minimum Gasteiger partial charge on any atom is -0.383 e. The van der Waals surface area contributed by atoms with E-state index in [0.717, 1.165) is 12.8 Å². The highest BCUT2D eigenvalue weighted by Gasteiger charge is 2.21. The molecule has 0 spiro atoms. The van der Waals surface area contributed by atoms with E-state index in [1.807, 2.05) is 18.7 Å². The van der Waals surface area contributed by atoms with E-state index in [-0.39, 0.29) is 12.1 Å². The number of hydrogen-bond acceptors (Lipinski definition) is 2. The van der Waals surface area contributed by atoms with Gasteiger partial charge >= 0.3 is 6.03 Å². The number of methoxy groups -OCH3 is 1. The predicted octanol–water partition coefficient (Wildman–Crippen LogP) is 2.39. The smallest absolute Gasteiger partial charge is 0.317 e. The topological polar surface area (TPSA) is 41.6 Å². The normalized spacial score (nSPS) is 17.2. The van der Waals surface area contributed by atoms with E-state index < -0.39 is 0 Å².